The molecular weight excluding hydrogens is 488 g/mol. The lowest BCUT2D eigenvalue weighted by atomic mass is 9.50. The first-order valence-electron chi connectivity index (χ1n) is 12.5. The first-order valence-corrected chi connectivity index (χ1v) is 12.5. The number of nitrogens with zero attached hydrogens (tertiary/aromatic N) is 1. The Morgan fingerprint density at radius 1 is 1.03 bits per heavy atom. The van der Waals surface area contributed by atoms with E-state index < -0.39 is 23.4 Å². The summed E-state index contributed by atoms with van der Waals surface area (Å²) < 4.78 is 34.4. The van der Waals surface area contributed by atoms with Gasteiger partial charge in [0.1, 0.15) is 17.4 Å². The molecule has 0 unspecified atom stereocenters. The third kappa shape index (κ3) is 3.88. The van der Waals surface area contributed by atoms with Crippen LogP contribution in [-0.4, -0.2) is 29.4 Å². The maximum absolute atomic E-state index is 14.8. The monoisotopic (exact) mass is 513 g/mol. The molecule has 2 N–H and O–H groups in total. The lowest BCUT2D eigenvalue weighted by molar-refractivity contribution is -0.0439. The van der Waals surface area contributed by atoms with Crippen LogP contribution in [0.3, 0.4) is 0 Å². The zero-order valence-corrected chi connectivity index (χ0v) is 20.9. The molecule has 7 rings (SSSR count). The summed E-state index contributed by atoms with van der Waals surface area (Å²) in [5.74, 6) is -0.908. The van der Waals surface area contributed by atoms with Crippen molar-refractivity contribution in [2.24, 2.45) is 5.92 Å². The lowest BCUT2D eigenvalue weighted by Gasteiger charge is -2.61. The summed E-state index contributed by atoms with van der Waals surface area (Å²) in [4.78, 5) is 30.6. The number of carbonyl (C=O) groups excluding carboxylic acids is 2. The molecular formula is C30H25F2N3O3. The fourth-order valence-corrected chi connectivity index (χ4v) is 5.51. The predicted octanol–water partition coefficient (Wildman–Crippen LogP) is 6.12. The van der Waals surface area contributed by atoms with Crippen LogP contribution in [0.1, 0.15) is 52.6 Å². The fourth-order valence-electron chi connectivity index (χ4n) is 5.51. The third-order valence-corrected chi connectivity index (χ3v) is 7.54. The molecule has 192 valence electrons. The molecule has 0 aliphatic heterocycles. The molecule has 3 aliphatic carbocycles. The highest BCUT2D eigenvalue weighted by atomic mass is 19.1. The first-order chi connectivity index (χ1) is 18.3. The van der Waals surface area contributed by atoms with Gasteiger partial charge in [0, 0.05) is 23.7 Å². The van der Waals surface area contributed by atoms with Gasteiger partial charge in [0.2, 0.25) is 5.71 Å². The number of carbonyl (C=O) groups is 2. The Morgan fingerprint density at radius 2 is 1.74 bits per heavy atom. The van der Waals surface area contributed by atoms with E-state index in [9.17, 15) is 18.4 Å². The number of nitrogens with one attached hydrogen (secondary N) is 2. The van der Waals surface area contributed by atoms with E-state index in [0.717, 1.165) is 19.3 Å². The number of furan rings is 1. The van der Waals surface area contributed by atoms with Crippen molar-refractivity contribution >= 4 is 29.0 Å². The molecule has 3 fully saturated rings. The predicted molar refractivity (Wildman–Crippen MR) is 140 cm³/mol. The topological polar surface area (TPSA) is 84.2 Å². The van der Waals surface area contributed by atoms with Gasteiger partial charge in [-0.2, -0.15) is 0 Å². The highest BCUT2D eigenvalue weighted by Gasteiger charge is 2.57. The van der Waals surface area contributed by atoms with E-state index in [1.165, 1.54) is 43.4 Å². The fraction of sp³-hybridized carbons (Fsp3) is 0.233. The Kier molecular flexibility index (Phi) is 5.63. The Hall–Kier alpha value is -4.33. The molecule has 8 heteroatoms. The van der Waals surface area contributed by atoms with Crippen LogP contribution in [-0.2, 0) is 0 Å². The minimum Gasteiger partial charge on any atom is -0.437 e. The van der Waals surface area contributed by atoms with Crippen LogP contribution in [0.4, 0.5) is 8.78 Å². The van der Waals surface area contributed by atoms with Crippen molar-refractivity contribution in [3.05, 3.63) is 83.1 Å². The second-order valence-electron chi connectivity index (χ2n) is 10.1. The van der Waals surface area contributed by atoms with Crippen LogP contribution in [0, 0.1) is 17.6 Å². The quantitative estimate of drug-likeness (QED) is 0.326. The highest BCUT2D eigenvalue weighted by Crippen LogP contribution is 2.57. The van der Waals surface area contributed by atoms with Gasteiger partial charge in [-0.15, -0.1) is 0 Å². The van der Waals surface area contributed by atoms with Crippen molar-refractivity contribution in [2.45, 2.75) is 31.7 Å². The Labute approximate surface area is 217 Å². The van der Waals surface area contributed by atoms with Gasteiger partial charge < -0.3 is 15.1 Å². The normalized spacial score (nSPS) is 19.7. The summed E-state index contributed by atoms with van der Waals surface area (Å²) in [6.45, 7) is 1.84. The average molecular weight is 514 g/mol. The van der Waals surface area contributed by atoms with E-state index >= 15 is 0 Å². The molecule has 2 heterocycles. The van der Waals surface area contributed by atoms with Crippen LogP contribution in [0.2, 0.25) is 0 Å². The van der Waals surface area contributed by atoms with Crippen molar-refractivity contribution in [1.29, 1.82) is 0 Å². The van der Waals surface area contributed by atoms with E-state index in [1.807, 2.05) is 6.92 Å². The molecule has 2 aromatic heterocycles. The van der Waals surface area contributed by atoms with Crippen molar-refractivity contribution in [3.8, 4) is 22.5 Å². The van der Waals surface area contributed by atoms with Crippen molar-refractivity contribution in [1.82, 2.24) is 15.6 Å². The average Bonchev–Trinajstić information content (AvgIpc) is 3.23. The molecule has 0 saturated heterocycles. The molecule has 4 aromatic rings. The maximum Gasteiger partial charge on any atom is 0.255 e. The molecule has 3 saturated carbocycles. The summed E-state index contributed by atoms with van der Waals surface area (Å²) >= 11 is 0. The maximum atomic E-state index is 14.8. The van der Waals surface area contributed by atoms with Gasteiger partial charge in [-0.25, -0.2) is 13.8 Å². The summed E-state index contributed by atoms with van der Waals surface area (Å²) in [5.41, 5.74) is 2.48. The van der Waals surface area contributed by atoms with Gasteiger partial charge in [-0.1, -0.05) is 12.1 Å². The van der Waals surface area contributed by atoms with Crippen molar-refractivity contribution in [3.63, 3.8) is 0 Å². The molecule has 0 atom stereocenters. The number of hydrogen-bond acceptors (Lipinski definition) is 4. The van der Waals surface area contributed by atoms with Crippen LogP contribution in [0.5, 0.6) is 0 Å². The number of halogens is 2. The van der Waals surface area contributed by atoms with E-state index in [-0.39, 0.29) is 28.1 Å². The third-order valence-electron chi connectivity index (χ3n) is 7.54. The summed E-state index contributed by atoms with van der Waals surface area (Å²) in [6.07, 6.45) is 6.43. The number of amides is 2. The zero-order chi connectivity index (χ0) is 26.6. The summed E-state index contributed by atoms with van der Waals surface area (Å²) in [7, 11) is 1.51. The molecule has 0 radical (unpaired) electrons. The minimum atomic E-state index is -0.604. The van der Waals surface area contributed by atoms with Crippen LogP contribution >= 0.6 is 0 Å². The number of rotatable bonds is 6. The van der Waals surface area contributed by atoms with Gasteiger partial charge in [0.25, 0.3) is 11.8 Å². The number of benzene rings is 2. The molecule has 38 heavy (non-hydrogen) atoms. The summed E-state index contributed by atoms with van der Waals surface area (Å²) in [6, 6.07) is 11.8. The van der Waals surface area contributed by atoms with Gasteiger partial charge in [0.05, 0.1) is 22.2 Å². The van der Waals surface area contributed by atoms with Crippen molar-refractivity contribution < 1.29 is 22.8 Å². The largest absolute Gasteiger partial charge is 0.437 e. The molecule has 2 amide bonds. The van der Waals surface area contributed by atoms with Crippen LogP contribution in [0.25, 0.3) is 39.6 Å². The van der Waals surface area contributed by atoms with Crippen LogP contribution < -0.4 is 10.6 Å². The second kappa shape index (κ2) is 8.90. The van der Waals surface area contributed by atoms with E-state index in [4.69, 9.17) is 4.42 Å². The van der Waals surface area contributed by atoms with Gasteiger partial charge in [-0.3, -0.25) is 9.59 Å². The second-order valence-corrected chi connectivity index (χ2v) is 10.1. The SMILES string of the molecule is C/C=C/c1nc2oc(-c3ccc(F)cc3)c(C(=O)NC)c2cc1-c1ccc(F)c(C(=O)NC23CC(C2)C3)c1. The lowest BCUT2D eigenvalue weighted by Crippen LogP contribution is -2.68. The Bertz CT molecular complexity index is 1620. The number of hydrogen-bond donors (Lipinski definition) is 2. The van der Waals surface area contributed by atoms with Gasteiger partial charge in [-0.05, 0) is 86.2 Å². The van der Waals surface area contributed by atoms with E-state index in [0.29, 0.717) is 33.7 Å². The minimum absolute atomic E-state index is 0.0375. The van der Waals surface area contributed by atoms with Gasteiger partial charge >= 0.3 is 0 Å². The molecule has 3 aliphatic rings. The number of allylic oxidation sites excluding steroid dienone is 1. The highest BCUT2D eigenvalue weighted by molar-refractivity contribution is 6.11. The number of aromatic nitrogens is 1. The van der Waals surface area contributed by atoms with Crippen molar-refractivity contribution in [2.75, 3.05) is 7.05 Å². The number of fused-ring (bicyclic) bond motifs is 1. The Balaban J connectivity index is 1.50. The van der Waals surface area contributed by atoms with Crippen LogP contribution in [0.15, 0.2) is 59.0 Å². The van der Waals surface area contributed by atoms with E-state index in [1.54, 1.807) is 24.3 Å². The number of pyridine rings is 1. The smallest absolute Gasteiger partial charge is 0.255 e. The summed E-state index contributed by atoms with van der Waals surface area (Å²) in [5, 5.41) is 6.09. The first kappa shape index (κ1) is 24.0. The molecule has 0 spiro atoms. The standard InChI is InChI=1S/C30H25F2N3O3/c1-3-4-24-20(18-7-10-23(32)21(11-18)27(36)35-30-13-16(14-30)15-30)12-22-25(28(37)33-2)26(38-29(22)34-24)17-5-8-19(31)9-6-17/h3-12,16H,13-15H2,1-2H3,(H,33,37)(H,35,36)/b4-3+. The molecule has 2 bridgehead atoms. The Morgan fingerprint density at radius 3 is 2.37 bits per heavy atom. The van der Waals surface area contributed by atoms with E-state index in [2.05, 4.69) is 15.6 Å². The van der Waals surface area contributed by atoms with Gasteiger partial charge in [0.15, 0.2) is 0 Å². The zero-order valence-electron chi connectivity index (χ0n) is 20.9. The molecule has 6 nitrogen and oxygen atoms in total. The molecule has 2 aromatic carbocycles.